The van der Waals surface area contributed by atoms with Crippen molar-refractivity contribution in [1.82, 2.24) is 10.6 Å². The lowest BCUT2D eigenvalue weighted by Crippen LogP contribution is -2.38. The van der Waals surface area contributed by atoms with Gasteiger partial charge in [-0.3, -0.25) is 0 Å². The summed E-state index contributed by atoms with van der Waals surface area (Å²) in [5, 5.41) is 5.71. The highest BCUT2D eigenvalue weighted by Crippen LogP contribution is 2.39. The van der Waals surface area contributed by atoms with Crippen LogP contribution < -0.4 is 10.6 Å². The van der Waals surface area contributed by atoms with E-state index in [0.29, 0.717) is 18.3 Å². The Balaban J connectivity index is 2.02. The van der Waals surface area contributed by atoms with Gasteiger partial charge in [-0.05, 0) is 23.5 Å². The predicted octanol–water partition coefficient (Wildman–Crippen LogP) is 2.77. The molecule has 1 aromatic carbocycles. The van der Waals surface area contributed by atoms with Crippen molar-refractivity contribution in [3.05, 3.63) is 35.4 Å². The summed E-state index contributed by atoms with van der Waals surface area (Å²) in [7, 11) is 0. The number of urea groups is 1. The Morgan fingerprint density at radius 3 is 2.82 bits per heavy atom. The molecular weight excluding hydrogens is 236 g/mol. The molecule has 0 fully saturated rings. The molecular formula is C13H17ClN2O. The van der Waals surface area contributed by atoms with Crippen LogP contribution in [0.15, 0.2) is 24.3 Å². The SMILES string of the molecule is CC1CC(NC(=O)NCCCl)c2ccccc21. The molecule has 0 saturated carbocycles. The second kappa shape index (κ2) is 5.41. The van der Waals surface area contributed by atoms with E-state index in [0.717, 1.165) is 6.42 Å². The van der Waals surface area contributed by atoms with Crippen LogP contribution in [-0.4, -0.2) is 18.5 Å². The van der Waals surface area contributed by atoms with E-state index < -0.39 is 0 Å². The highest BCUT2D eigenvalue weighted by atomic mass is 35.5. The average Bonchev–Trinajstić information content (AvgIpc) is 2.65. The Bertz CT molecular complexity index is 408. The van der Waals surface area contributed by atoms with Gasteiger partial charge in [0.05, 0.1) is 6.04 Å². The molecule has 0 heterocycles. The maximum Gasteiger partial charge on any atom is 0.315 e. The average molecular weight is 253 g/mol. The van der Waals surface area contributed by atoms with Crippen molar-refractivity contribution in [2.75, 3.05) is 12.4 Å². The van der Waals surface area contributed by atoms with Crippen molar-refractivity contribution in [3.8, 4) is 0 Å². The van der Waals surface area contributed by atoms with Gasteiger partial charge in [-0.2, -0.15) is 0 Å². The van der Waals surface area contributed by atoms with Crippen molar-refractivity contribution in [2.24, 2.45) is 0 Å². The highest BCUT2D eigenvalue weighted by Gasteiger charge is 2.28. The van der Waals surface area contributed by atoms with Crippen molar-refractivity contribution >= 4 is 17.6 Å². The standard InChI is InChI=1S/C13H17ClN2O/c1-9-8-12(16-13(17)15-7-6-14)11-5-3-2-4-10(9)11/h2-5,9,12H,6-8H2,1H3,(H2,15,16,17). The summed E-state index contributed by atoms with van der Waals surface area (Å²) < 4.78 is 0. The summed E-state index contributed by atoms with van der Waals surface area (Å²) in [6, 6.07) is 8.27. The largest absolute Gasteiger partial charge is 0.337 e. The van der Waals surface area contributed by atoms with Gasteiger partial charge in [0.1, 0.15) is 0 Å². The van der Waals surface area contributed by atoms with Gasteiger partial charge < -0.3 is 10.6 Å². The smallest absolute Gasteiger partial charge is 0.315 e. The summed E-state index contributed by atoms with van der Waals surface area (Å²) in [4.78, 5) is 11.6. The van der Waals surface area contributed by atoms with E-state index in [1.807, 2.05) is 12.1 Å². The summed E-state index contributed by atoms with van der Waals surface area (Å²) in [6.07, 6.45) is 0.966. The number of carbonyl (C=O) groups excluding carboxylic acids is 1. The normalized spacial score (nSPS) is 22.0. The monoisotopic (exact) mass is 252 g/mol. The molecule has 4 heteroatoms. The Kier molecular flexibility index (Phi) is 3.89. The van der Waals surface area contributed by atoms with Gasteiger partial charge in [0.15, 0.2) is 0 Å². The second-order valence-corrected chi connectivity index (χ2v) is 4.79. The Hall–Kier alpha value is -1.22. The summed E-state index contributed by atoms with van der Waals surface area (Å²) in [6.45, 7) is 2.69. The van der Waals surface area contributed by atoms with Crippen molar-refractivity contribution in [2.45, 2.75) is 25.3 Å². The van der Waals surface area contributed by atoms with E-state index in [2.05, 4.69) is 29.7 Å². The number of halogens is 1. The third-order valence-corrected chi connectivity index (χ3v) is 3.37. The van der Waals surface area contributed by atoms with E-state index in [1.54, 1.807) is 0 Å². The number of fused-ring (bicyclic) bond motifs is 1. The van der Waals surface area contributed by atoms with Crippen LogP contribution in [0.25, 0.3) is 0 Å². The molecule has 0 aliphatic heterocycles. The second-order valence-electron chi connectivity index (χ2n) is 4.41. The first-order valence-corrected chi connectivity index (χ1v) is 6.45. The fourth-order valence-corrected chi connectivity index (χ4v) is 2.49. The number of amides is 2. The summed E-state index contributed by atoms with van der Waals surface area (Å²) in [5.74, 6) is 0.940. The quantitative estimate of drug-likeness (QED) is 0.798. The molecule has 0 spiro atoms. The van der Waals surface area contributed by atoms with Gasteiger partial charge in [-0.25, -0.2) is 4.79 Å². The molecule has 2 N–H and O–H groups in total. The number of rotatable bonds is 3. The lowest BCUT2D eigenvalue weighted by atomic mass is 10.0. The van der Waals surface area contributed by atoms with Gasteiger partial charge in [0.2, 0.25) is 0 Å². The minimum Gasteiger partial charge on any atom is -0.337 e. The molecule has 2 amide bonds. The summed E-state index contributed by atoms with van der Waals surface area (Å²) in [5.41, 5.74) is 2.58. The maximum absolute atomic E-state index is 11.6. The highest BCUT2D eigenvalue weighted by molar-refractivity contribution is 6.18. The molecule has 0 bridgehead atoms. The Morgan fingerprint density at radius 2 is 2.12 bits per heavy atom. The number of benzene rings is 1. The first-order valence-electron chi connectivity index (χ1n) is 5.91. The van der Waals surface area contributed by atoms with E-state index >= 15 is 0 Å². The lowest BCUT2D eigenvalue weighted by molar-refractivity contribution is 0.237. The number of hydrogen-bond donors (Lipinski definition) is 2. The van der Waals surface area contributed by atoms with Crippen molar-refractivity contribution in [3.63, 3.8) is 0 Å². The number of hydrogen-bond acceptors (Lipinski definition) is 1. The molecule has 2 unspecified atom stereocenters. The minimum absolute atomic E-state index is 0.122. The number of alkyl halides is 1. The molecule has 1 aromatic rings. The van der Waals surface area contributed by atoms with Crippen LogP contribution in [-0.2, 0) is 0 Å². The van der Waals surface area contributed by atoms with Crippen LogP contribution in [0, 0.1) is 0 Å². The van der Waals surface area contributed by atoms with E-state index in [4.69, 9.17) is 11.6 Å². The molecule has 2 atom stereocenters. The topological polar surface area (TPSA) is 41.1 Å². The predicted molar refractivity (Wildman–Crippen MR) is 69.5 cm³/mol. The third kappa shape index (κ3) is 2.72. The van der Waals surface area contributed by atoms with Crippen molar-refractivity contribution in [1.29, 1.82) is 0 Å². The van der Waals surface area contributed by atoms with Crippen LogP contribution in [0.5, 0.6) is 0 Å². The van der Waals surface area contributed by atoms with Gasteiger partial charge in [-0.15, -0.1) is 11.6 Å². The first kappa shape index (κ1) is 12.2. The zero-order valence-corrected chi connectivity index (χ0v) is 10.6. The zero-order chi connectivity index (χ0) is 12.3. The minimum atomic E-state index is -0.139. The molecule has 3 nitrogen and oxygen atoms in total. The van der Waals surface area contributed by atoms with Crippen LogP contribution in [0.4, 0.5) is 4.79 Å². The Morgan fingerprint density at radius 1 is 1.41 bits per heavy atom. The Labute approximate surface area is 107 Å². The molecule has 0 aromatic heterocycles. The molecule has 2 rings (SSSR count). The van der Waals surface area contributed by atoms with Crippen LogP contribution in [0.1, 0.15) is 36.4 Å². The van der Waals surface area contributed by atoms with Crippen LogP contribution in [0.2, 0.25) is 0 Å². The molecule has 0 radical (unpaired) electrons. The fraction of sp³-hybridized carbons (Fsp3) is 0.462. The van der Waals surface area contributed by atoms with E-state index in [9.17, 15) is 4.79 Å². The van der Waals surface area contributed by atoms with Gasteiger partial charge in [0, 0.05) is 12.4 Å². The van der Waals surface area contributed by atoms with E-state index in [1.165, 1.54) is 11.1 Å². The molecule has 17 heavy (non-hydrogen) atoms. The third-order valence-electron chi connectivity index (χ3n) is 3.18. The molecule has 0 saturated heterocycles. The summed E-state index contributed by atoms with van der Waals surface area (Å²) >= 11 is 5.52. The number of nitrogens with one attached hydrogen (secondary N) is 2. The molecule has 1 aliphatic carbocycles. The van der Waals surface area contributed by atoms with Crippen LogP contribution >= 0.6 is 11.6 Å². The lowest BCUT2D eigenvalue weighted by Gasteiger charge is -2.14. The van der Waals surface area contributed by atoms with Gasteiger partial charge in [-0.1, -0.05) is 31.2 Å². The zero-order valence-electron chi connectivity index (χ0n) is 9.87. The number of carbonyl (C=O) groups is 1. The molecule has 92 valence electrons. The fourth-order valence-electron chi connectivity index (χ4n) is 2.39. The van der Waals surface area contributed by atoms with Crippen molar-refractivity contribution < 1.29 is 4.79 Å². The van der Waals surface area contributed by atoms with E-state index in [-0.39, 0.29) is 12.1 Å². The first-order chi connectivity index (χ1) is 8.22. The maximum atomic E-state index is 11.6. The molecule has 1 aliphatic rings. The van der Waals surface area contributed by atoms with Gasteiger partial charge in [0.25, 0.3) is 0 Å². The van der Waals surface area contributed by atoms with Crippen LogP contribution in [0.3, 0.4) is 0 Å². The van der Waals surface area contributed by atoms with Gasteiger partial charge >= 0.3 is 6.03 Å².